The third-order valence-electron chi connectivity index (χ3n) is 3.60. The van der Waals surface area contributed by atoms with E-state index in [-0.39, 0.29) is 30.3 Å². The molecule has 142 valence electrons. The van der Waals surface area contributed by atoms with Gasteiger partial charge < -0.3 is 10.1 Å². The van der Waals surface area contributed by atoms with Crippen molar-refractivity contribution in [3.63, 3.8) is 0 Å². The monoisotopic (exact) mass is 406 g/mol. The second-order valence-electron chi connectivity index (χ2n) is 5.55. The zero-order chi connectivity index (χ0) is 19.8. The van der Waals surface area contributed by atoms with E-state index >= 15 is 0 Å². The summed E-state index contributed by atoms with van der Waals surface area (Å²) >= 11 is 2.60. The van der Waals surface area contributed by atoms with Gasteiger partial charge in [-0.3, -0.25) is 4.79 Å². The summed E-state index contributed by atoms with van der Waals surface area (Å²) in [4.78, 5) is 25.4. The van der Waals surface area contributed by atoms with Crippen molar-refractivity contribution < 1.29 is 18.7 Å². The summed E-state index contributed by atoms with van der Waals surface area (Å²) in [6, 6.07) is 8.23. The first-order valence-corrected chi connectivity index (χ1v) is 10.1. The first-order chi connectivity index (χ1) is 13.0. The van der Waals surface area contributed by atoms with Gasteiger partial charge in [-0.25, -0.2) is 9.18 Å². The largest absolute Gasteiger partial charge is 0.462 e. The number of rotatable bonds is 8. The Labute approximate surface area is 165 Å². The molecule has 5 nitrogen and oxygen atoms in total. The van der Waals surface area contributed by atoms with Gasteiger partial charge in [0, 0.05) is 11.3 Å². The van der Waals surface area contributed by atoms with Gasteiger partial charge in [-0.2, -0.15) is 5.26 Å². The van der Waals surface area contributed by atoms with Crippen LogP contribution in [-0.4, -0.2) is 24.2 Å². The molecule has 2 rings (SSSR count). The number of hydrogen-bond donors (Lipinski definition) is 1. The van der Waals surface area contributed by atoms with Gasteiger partial charge in [0.2, 0.25) is 5.91 Å². The van der Waals surface area contributed by atoms with Gasteiger partial charge in [-0.15, -0.1) is 23.1 Å². The number of esters is 1. The highest BCUT2D eigenvalue weighted by molar-refractivity contribution is 7.99. The Morgan fingerprint density at radius 3 is 2.67 bits per heavy atom. The first-order valence-electron chi connectivity index (χ1n) is 8.35. The van der Waals surface area contributed by atoms with Gasteiger partial charge in [0.05, 0.1) is 12.2 Å². The Balaban J connectivity index is 1.89. The van der Waals surface area contributed by atoms with Gasteiger partial charge in [0.1, 0.15) is 21.8 Å². The lowest BCUT2D eigenvalue weighted by atomic mass is 10.1. The van der Waals surface area contributed by atoms with Crippen LogP contribution in [0.5, 0.6) is 0 Å². The van der Waals surface area contributed by atoms with Crippen molar-refractivity contribution in [1.29, 1.82) is 5.26 Å². The molecule has 1 heterocycles. The maximum absolute atomic E-state index is 12.9. The molecule has 0 unspecified atom stereocenters. The van der Waals surface area contributed by atoms with Crippen LogP contribution in [-0.2, 0) is 9.53 Å². The maximum Gasteiger partial charge on any atom is 0.348 e. The number of hydrogen-bond acceptors (Lipinski definition) is 6. The molecule has 0 aliphatic rings. The van der Waals surface area contributed by atoms with E-state index in [9.17, 15) is 19.2 Å². The molecular weight excluding hydrogens is 387 g/mol. The number of benzene rings is 1. The lowest BCUT2D eigenvalue weighted by molar-refractivity contribution is -0.116. The summed E-state index contributed by atoms with van der Waals surface area (Å²) in [5.41, 5.74) is 0.806. The number of nitrogens with zero attached hydrogens (tertiary/aromatic N) is 1. The molecule has 0 atom stereocenters. The minimum absolute atomic E-state index is 0.220. The molecule has 2 aromatic rings. The van der Waals surface area contributed by atoms with Crippen molar-refractivity contribution in [1.82, 2.24) is 0 Å². The fourth-order valence-corrected chi connectivity index (χ4v) is 4.19. The third-order valence-corrected chi connectivity index (χ3v) is 5.89. The number of thioether (sulfide) groups is 1. The maximum atomic E-state index is 12.9. The predicted octanol–water partition coefficient (Wildman–Crippen LogP) is 4.76. The number of nitrogens with one attached hydrogen (secondary N) is 1. The average molecular weight is 407 g/mol. The SMILES string of the molecule is CCOC(=O)c1sc(NC(=O)CCCSc2ccc(F)cc2)c(C#N)c1C. The van der Waals surface area contributed by atoms with Crippen LogP contribution >= 0.6 is 23.1 Å². The third kappa shape index (κ3) is 5.81. The minimum atomic E-state index is -0.493. The zero-order valence-corrected chi connectivity index (χ0v) is 16.6. The van der Waals surface area contributed by atoms with E-state index in [0.717, 1.165) is 16.2 Å². The van der Waals surface area contributed by atoms with E-state index in [1.54, 1.807) is 37.7 Å². The van der Waals surface area contributed by atoms with Gasteiger partial charge >= 0.3 is 5.97 Å². The number of amides is 1. The number of carbonyl (C=O) groups excluding carboxylic acids is 2. The second-order valence-corrected chi connectivity index (χ2v) is 7.74. The van der Waals surface area contributed by atoms with Crippen LogP contribution in [0.25, 0.3) is 0 Å². The van der Waals surface area contributed by atoms with Crippen LogP contribution < -0.4 is 5.32 Å². The van der Waals surface area contributed by atoms with E-state index in [2.05, 4.69) is 5.32 Å². The highest BCUT2D eigenvalue weighted by Crippen LogP contribution is 2.33. The van der Waals surface area contributed by atoms with E-state index in [1.807, 2.05) is 6.07 Å². The molecule has 0 fully saturated rings. The normalized spacial score (nSPS) is 10.3. The topological polar surface area (TPSA) is 79.2 Å². The van der Waals surface area contributed by atoms with Crippen molar-refractivity contribution in [3.05, 3.63) is 46.1 Å². The van der Waals surface area contributed by atoms with Crippen LogP contribution in [0.15, 0.2) is 29.2 Å². The molecule has 1 N–H and O–H groups in total. The summed E-state index contributed by atoms with van der Waals surface area (Å²) in [6.07, 6.45) is 0.912. The van der Waals surface area contributed by atoms with E-state index in [1.165, 1.54) is 12.1 Å². The average Bonchev–Trinajstić information content (AvgIpc) is 2.95. The standard InChI is InChI=1S/C19H19FN2O3S2/c1-3-25-19(24)17-12(2)15(11-21)18(27-17)22-16(23)5-4-10-26-14-8-6-13(20)7-9-14/h6-9H,3-5,10H2,1-2H3,(H,22,23). The summed E-state index contributed by atoms with van der Waals surface area (Å²) in [7, 11) is 0. The summed E-state index contributed by atoms with van der Waals surface area (Å²) in [6.45, 7) is 3.61. The molecule has 0 spiro atoms. The van der Waals surface area contributed by atoms with Gasteiger partial charge in [0.25, 0.3) is 0 Å². The molecule has 1 aromatic heterocycles. The predicted molar refractivity (Wildman–Crippen MR) is 105 cm³/mol. The Kier molecular flexibility index (Phi) is 7.82. The molecule has 1 amide bonds. The first kappa shape index (κ1) is 20.9. The fourth-order valence-electron chi connectivity index (χ4n) is 2.27. The van der Waals surface area contributed by atoms with Gasteiger partial charge in [0.15, 0.2) is 0 Å². The zero-order valence-electron chi connectivity index (χ0n) is 15.0. The highest BCUT2D eigenvalue weighted by Gasteiger charge is 2.22. The molecule has 27 heavy (non-hydrogen) atoms. The Hall–Kier alpha value is -2.37. The van der Waals surface area contributed by atoms with Crippen molar-refractivity contribution in [2.24, 2.45) is 0 Å². The Bertz CT molecular complexity index is 857. The lowest BCUT2D eigenvalue weighted by Gasteiger charge is -2.04. The van der Waals surface area contributed by atoms with Crippen molar-refractivity contribution in [2.45, 2.75) is 31.6 Å². The number of ether oxygens (including phenoxy) is 1. The van der Waals surface area contributed by atoms with Crippen LogP contribution in [0.3, 0.4) is 0 Å². The second kappa shape index (κ2) is 10.1. The van der Waals surface area contributed by atoms with Crippen LogP contribution in [0, 0.1) is 24.1 Å². The summed E-state index contributed by atoms with van der Waals surface area (Å²) < 4.78 is 17.8. The van der Waals surface area contributed by atoms with Crippen LogP contribution in [0.4, 0.5) is 9.39 Å². The smallest absolute Gasteiger partial charge is 0.348 e. The molecule has 0 saturated carbocycles. The number of thiophene rings is 1. The Morgan fingerprint density at radius 1 is 1.33 bits per heavy atom. The van der Waals surface area contributed by atoms with E-state index in [0.29, 0.717) is 27.6 Å². The molecule has 1 aromatic carbocycles. The lowest BCUT2D eigenvalue weighted by Crippen LogP contribution is -2.11. The molecule has 0 aliphatic heterocycles. The van der Waals surface area contributed by atoms with Crippen molar-refractivity contribution in [3.8, 4) is 6.07 Å². The van der Waals surface area contributed by atoms with Crippen LogP contribution in [0.1, 0.15) is 40.6 Å². The molecule has 0 radical (unpaired) electrons. The number of anilines is 1. The number of nitriles is 1. The van der Waals surface area contributed by atoms with Gasteiger partial charge in [-0.1, -0.05) is 0 Å². The number of carbonyl (C=O) groups is 2. The quantitative estimate of drug-likeness (QED) is 0.389. The molecule has 0 bridgehead atoms. The molecule has 8 heteroatoms. The van der Waals surface area contributed by atoms with E-state index < -0.39 is 5.97 Å². The molecular formula is C19H19FN2O3S2. The van der Waals surface area contributed by atoms with Crippen LogP contribution in [0.2, 0.25) is 0 Å². The summed E-state index contributed by atoms with van der Waals surface area (Å²) in [5.74, 6) is -0.280. The number of halogens is 1. The van der Waals surface area contributed by atoms with Crippen molar-refractivity contribution >= 4 is 40.0 Å². The highest BCUT2D eigenvalue weighted by atomic mass is 32.2. The van der Waals surface area contributed by atoms with Gasteiger partial charge in [-0.05, 0) is 55.9 Å². The van der Waals surface area contributed by atoms with Crippen molar-refractivity contribution in [2.75, 3.05) is 17.7 Å². The molecule has 0 saturated heterocycles. The van der Waals surface area contributed by atoms with E-state index in [4.69, 9.17) is 4.74 Å². The fraction of sp³-hybridized carbons (Fsp3) is 0.316. The molecule has 0 aliphatic carbocycles. The minimum Gasteiger partial charge on any atom is -0.462 e. The Morgan fingerprint density at radius 2 is 2.04 bits per heavy atom. The summed E-state index contributed by atoms with van der Waals surface area (Å²) in [5, 5.41) is 12.4.